The number of halogens is 2. The lowest BCUT2D eigenvalue weighted by Gasteiger charge is -2.31. The van der Waals surface area contributed by atoms with Crippen molar-refractivity contribution in [2.75, 3.05) is 19.7 Å². The van der Waals surface area contributed by atoms with Crippen molar-refractivity contribution in [2.24, 2.45) is 0 Å². The van der Waals surface area contributed by atoms with Gasteiger partial charge in [0.25, 0.3) is 0 Å². The van der Waals surface area contributed by atoms with Gasteiger partial charge in [-0.25, -0.2) is 9.97 Å². The highest BCUT2D eigenvalue weighted by Gasteiger charge is 2.25. The van der Waals surface area contributed by atoms with E-state index < -0.39 is 0 Å². The minimum atomic E-state index is 0.0347. The van der Waals surface area contributed by atoms with E-state index >= 15 is 0 Å². The Labute approximate surface area is 153 Å². The molecule has 1 aliphatic rings. The monoisotopic (exact) mass is 382 g/mol. The third-order valence-electron chi connectivity index (χ3n) is 3.97. The van der Waals surface area contributed by atoms with Crippen molar-refractivity contribution in [3.05, 3.63) is 50.3 Å². The number of aryl methyl sites for hydroxylation is 1. The summed E-state index contributed by atoms with van der Waals surface area (Å²) in [5, 5.41) is 4.27. The maximum Gasteiger partial charge on any atom is 0.156 e. The number of morpholine rings is 1. The number of rotatable bonds is 3. The second kappa shape index (κ2) is 6.61. The number of thiazole rings is 1. The van der Waals surface area contributed by atoms with Gasteiger partial charge in [-0.3, -0.25) is 4.90 Å². The molecule has 3 aromatic rings. The number of hydrogen-bond acceptors (Lipinski definition) is 5. The summed E-state index contributed by atoms with van der Waals surface area (Å²) in [6.45, 7) is 5.15. The van der Waals surface area contributed by atoms with Crippen molar-refractivity contribution in [1.29, 1.82) is 0 Å². The van der Waals surface area contributed by atoms with Crippen LogP contribution < -0.4 is 0 Å². The number of fused-ring (bicyclic) bond motifs is 1. The molecule has 3 aromatic heterocycles. The van der Waals surface area contributed by atoms with E-state index in [1.165, 1.54) is 0 Å². The number of ether oxygens (including phenoxy) is 1. The van der Waals surface area contributed by atoms with Crippen LogP contribution in [0.15, 0.2) is 23.8 Å². The van der Waals surface area contributed by atoms with E-state index in [9.17, 15) is 0 Å². The van der Waals surface area contributed by atoms with Crippen LogP contribution in [0.4, 0.5) is 0 Å². The van der Waals surface area contributed by atoms with Crippen LogP contribution in [0.1, 0.15) is 22.5 Å². The fourth-order valence-corrected chi connectivity index (χ4v) is 4.26. The average molecular weight is 383 g/mol. The SMILES string of the molecule is Cc1csc([C@H]2CN(Cc3cn4cc(Cl)cc(Cl)c4n3)CCO2)n1. The first-order chi connectivity index (χ1) is 11.6. The quantitative estimate of drug-likeness (QED) is 0.686. The first-order valence-corrected chi connectivity index (χ1v) is 9.30. The first-order valence-electron chi connectivity index (χ1n) is 7.67. The number of aromatic nitrogens is 3. The van der Waals surface area contributed by atoms with Crippen LogP contribution in [-0.4, -0.2) is 39.0 Å². The molecule has 0 aromatic carbocycles. The molecule has 8 heteroatoms. The van der Waals surface area contributed by atoms with Gasteiger partial charge in [-0.05, 0) is 13.0 Å². The van der Waals surface area contributed by atoms with Gasteiger partial charge in [0.05, 0.1) is 22.3 Å². The van der Waals surface area contributed by atoms with E-state index in [0.29, 0.717) is 16.7 Å². The molecular formula is C16H16Cl2N4OS. The van der Waals surface area contributed by atoms with E-state index in [0.717, 1.165) is 41.7 Å². The molecule has 5 nitrogen and oxygen atoms in total. The summed E-state index contributed by atoms with van der Waals surface area (Å²) in [5.41, 5.74) is 2.74. The van der Waals surface area contributed by atoms with Crippen molar-refractivity contribution < 1.29 is 4.74 Å². The van der Waals surface area contributed by atoms with Gasteiger partial charge >= 0.3 is 0 Å². The van der Waals surface area contributed by atoms with Gasteiger partial charge in [0.1, 0.15) is 11.1 Å². The smallest absolute Gasteiger partial charge is 0.156 e. The fraction of sp³-hybridized carbons (Fsp3) is 0.375. The Hall–Kier alpha value is -1.18. The van der Waals surface area contributed by atoms with Gasteiger partial charge in [-0.1, -0.05) is 23.2 Å². The van der Waals surface area contributed by atoms with Crippen molar-refractivity contribution in [3.63, 3.8) is 0 Å². The lowest BCUT2D eigenvalue weighted by molar-refractivity contribution is -0.0333. The number of hydrogen-bond donors (Lipinski definition) is 0. The molecule has 0 radical (unpaired) electrons. The van der Waals surface area contributed by atoms with E-state index in [1.54, 1.807) is 17.4 Å². The Morgan fingerprint density at radius 1 is 1.33 bits per heavy atom. The van der Waals surface area contributed by atoms with Crippen molar-refractivity contribution >= 4 is 40.2 Å². The normalized spacial score (nSPS) is 19.2. The number of nitrogens with zero attached hydrogens (tertiary/aromatic N) is 4. The highest BCUT2D eigenvalue weighted by Crippen LogP contribution is 2.27. The molecule has 0 bridgehead atoms. The van der Waals surface area contributed by atoms with Crippen LogP contribution in [0.2, 0.25) is 10.0 Å². The maximum atomic E-state index is 6.22. The number of imidazole rings is 1. The standard InChI is InChI=1S/C16H16Cl2N4OS/c1-10-9-24-16(19-10)14-8-21(2-3-23-14)6-12-7-22-5-11(17)4-13(18)15(22)20-12/h4-5,7,9,14H,2-3,6,8H2,1H3/t14-/m1/s1. The zero-order valence-electron chi connectivity index (χ0n) is 13.1. The van der Waals surface area contributed by atoms with Gasteiger partial charge in [-0.2, -0.15) is 0 Å². The van der Waals surface area contributed by atoms with Crippen LogP contribution in [0.3, 0.4) is 0 Å². The summed E-state index contributed by atoms with van der Waals surface area (Å²) in [4.78, 5) is 11.5. The van der Waals surface area contributed by atoms with Crippen LogP contribution in [0, 0.1) is 6.92 Å². The molecule has 24 heavy (non-hydrogen) atoms. The molecule has 1 atom stereocenters. The summed E-state index contributed by atoms with van der Waals surface area (Å²) < 4.78 is 7.76. The lowest BCUT2D eigenvalue weighted by Crippen LogP contribution is -2.37. The van der Waals surface area contributed by atoms with Crippen LogP contribution in [-0.2, 0) is 11.3 Å². The summed E-state index contributed by atoms with van der Waals surface area (Å²) in [7, 11) is 0. The third-order valence-corrected chi connectivity index (χ3v) is 5.51. The molecule has 4 rings (SSSR count). The number of pyridine rings is 1. The molecule has 1 fully saturated rings. The van der Waals surface area contributed by atoms with E-state index in [1.807, 2.05) is 23.7 Å². The Bertz CT molecular complexity index is 878. The minimum absolute atomic E-state index is 0.0347. The Kier molecular flexibility index (Phi) is 4.49. The summed E-state index contributed by atoms with van der Waals surface area (Å²) >= 11 is 13.9. The van der Waals surface area contributed by atoms with Crippen molar-refractivity contribution in [3.8, 4) is 0 Å². The Morgan fingerprint density at radius 3 is 3.00 bits per heavy atom. The summed E-state index contributed by atoms with van der Waals surface area (Å²) in [5.74, 6) is 0. The Balaban J connectivity index is 1.51. The second-order valence-electron chi connectivity index (χ2n) is 5.89. The largest absolute Gasteiger partial charge is 0.368 e. The molecular weight excluding hydrogens is 367 g/mol. The molecule has 4 heterocycles. The molecule has 0 unspecified atom stereocenters. The van der Waals surface area contributed by atoms with E-state index in [4.69, 9.17) is 27.9 Å². The van der Waals surface area contributed by atoms with Crippen LogP contribution in [0.5, 0.6) is 0 Å². The molecule has 0 saturated carbocycles. The van der Waals surface area contributed by atoms with E-state index in [2.05, 4.69) is 20.2 Å². The zero-order chi connectivity index (χ0) is 16.7. The Morgan fingerprint density at radius 2 is 2.21 bits per heavy atom. The van der Waals surface area contributed by atoms with Gasteiger partial charge < -0.3 is 9.14 Å². The van der Waals surface area contributed by atoms with Crippen molar-refractivity contribution in [2.45, 2.75) is 19.6 Å². The summed E-state index contributed by atoms with van der Waals surface area (Å²) in [6, 6.07) is 1.71. The fourth-order valence-electron chi connectivity index (χ4n) is 2.90. The van der Waals surface area contributed by atoms with Gasteiger partial charge in [0, 0.05) is 43.1 Å². The molecule has 1 aliphatic heterocycles. The van der Waals surface area contributed by atoms with E-state index in [-0.39, 0.29) is 6.10 Å². The average Bonchev–Trinajstić information content (AvgIpc) is 3.14. The summed E-state index contributed by atoms with van der Waals surface area (Å²) in [6.07, 6.45) is 3.83. The molecule has 0 amide bonds. The van der Waals surface area contributed by atoms with Gasteiger partial charge in [-0.15, -0.1) is 11.3 Å². The molecule has 0 spiro atoms. The molecule has 126 valence electrons. The predicted molar refractivity (Wildman–Crippen MR) is 96.0 cm³/mol. The minimum Gasteiger partial charge on any atom is -0.368 e. The van der Waals surface area contributed by atoms with Crippen LogP contribution in [0.25, 0.3) is 5.65 Å². The molecule has 0 aliphatic carbocycles. The van der Waals surface area contributed by atoms with Crippen molar-refractivity contribution in [1.82, 2.24) is 19.3 Å². The molecule has 1 saturated heterocycles. The second-order valence-corrected chi connectivity index (χ2v) is 7.62. The lowest BCUT2D eigenvalue weighted by atomic mass is 10.2. The highest BCUT2D eigenvalue weighted by atomic mass is 35.5. The zero-order valence-corrected chi connectivity index (χ0v) is 15.4. The highest BCUT2D eigenvalue weighted by molar-refractivity contribution is 7.09. The predicted octanol–water partition coefficient (Wildman–Crippen LogP) is 3.98. The third kappa shape index (κ3) is 3.30. The van der Waals surface area contributed by atoms with Gasteiger partial charge in [0.15, 0.2) is 5.65 Å². The van der Waals surface area contributed by atoms with Gasteiger partial charge in [0.2, 0.25) is 0 Å². The molecule has 0 N–H and O–H groups in total. The first kappa shape index (κ1) is 16.3. The van der Waals surface area contributed by atoms with Crippen LogP contribution >= 0.6 is 34.5 Å². The maximum absolute atomic E-state index is 6.22. The topological polar surface area (TPSA) is 42.7 Å².